The summed E-state index contributed by atoms with van der Waals surface area (Å²) in [5.41, 5.74) is 2.37. The summed E-state index contributed by atoms with van der Waals surface area (Å²) in [4.78, 5) is 31.5. The van der Waals surface area contributed by atoms with Crippen molar-refractivity contribution in [1.82, 2.24) is 9.97 Å². The van der Waals surface area contributed by atoms with Gasteiger partial charge in [-0.15, -0.1) is 0 Å². The number of unbranched alkanes of at least 4 members (excludes halogenated alkanes) is 1. The van der Waals surface area contributed by atoms with Crippen LogP contribution < -0.4 is 0 Å². The van der Waals surface area contributed by atoms with Crippen LogP contribution in [0.4, 0.5) is 0 Å². The van der Waals surface area contributed by atoms with Crippen molar-refractivity contribution in [3.63, 3.8) is 0 Å². The summed E-state index contributed by atoms with van der Waals surface area (Å²) < 4.78 is 4.68. The third-order valence-electron chi connectivity index (χ3n) is 3.92. The zero-order valence-electron chi connectivity index (χ0n) is 14.8. The maximum atomic E-state index is 11.5. The Hall–Kier alpha value is -2.47. The third kappa shape index (κ3) is 5.26. The second-order valence-electron chi connectivity index (χ2n) is 5.90. The Morgan fingerprint density at radius 3 is 2.46 bits per heavy atom. The lowest BCUT2D eigenvalue weighted by Gasteiger charge is -2.11. The van der Waals surface area contributed by atoms with Crippen LogP contribution in [0.25, 0.3) is 0 Å². The molecule has 2 rings (SSSR count). The molecule has 0 amide bonds. The summed E-state index contributed by atoms with van der Waals surface area (Å²) in [6, 6.07) is 6.91. The Morgan fingerprint density at radius 1 is 1.19 bits per heavy atom. The Bertz CT molecular complexity index is 791. The van der Waals surface area contributed by atoms with E-state index >= 15 is 0 Å². The third-order valence-corrected chi connectivity index (χ3v) is 4.23. The minimum atomic E-state index is -0.987. The van der Waals surface area contributed by atoms with Gasteiger partial charge in [-0.3, -0.25) is 4.79 Å². The van der Waals surface area contributed by atoms with Crippen molar-refractivity contribution in [3.05, 3.63) is 57.6 Å². The molecule has 0 unspecified atom stereocenters. The largest absolute Gasteiger partial charge is 0.481 e. The topological polar surface area (TPSA) is 89.4 Å². The standard InChI is InChI=1S/C19H21ClN2O4/c1-3-4-5-16-21-15(14(11-17(23)24)18(20)22-16)10-12-6-8-13(9-7-12)19(25)26-2/h6-9H,3-5,10-11H2,1-2H3,(H,23,24). The monoisotopic (exact) mass is 376 g/mol. The zero-order chi connectivity index (χ0) is 19.1. The van der Waals surface area contributed by atoms with Crippen molar-refractivity contribution in [1.29, 1.82) is 0 Å². The summed E-state index contributed by atoms with van der Waals surface area (Å²) in [5, 5.41) is 9.34. The molecule has 6 nitrogen and oxygen atoms in total. The van der Waals surface area contributed by atoms with Gasteiger partial charge in [0.2, 0.25) is 0 Å². The van der Waals surface area contributed by atoms with Crippen LogP contribution in [0, 0.1) is 0 Å². The first-order chi connectivity index (χ1) is 12.4. The van der Waals surface area contributed by atoms with E-state index < -0.39 is 11.9 Å². The SMILES string of the molecule is CCCCc1nc(Cl)c(CC(=O)O)c(Cc2ccc(C(=O)OC)cc2)n1. The van der Waals surface area contributed by atoms with Crippen molar-refractivity contribution in [2.75, 3.05) is 7.11 Å². The fourth-order valence-corrected chi connectivity index (χ4v) is 2.81. The van der Waals surface area contributed by atoms with Crippen LogP contribution in [0.2, 0.25) is 5.15 Å². The molecule has 1 N–H and O–H groups in total. The van der Waals surface area contributed by atoms with Gasteiger partial charge in [0, 0.05) is 18.4 Å². The van der Waals surface area contributed by atoms with Crippen molar-refractivity contribution >= 4 is 23.5 Å². The fraction of sp³-hybridized carbons (Fsp3) is 0.368. The van der Waals surface area contributed by atoms with Crippen LogP contribution in [0.3, 0.4) is 0 Å². The van der Waals surface area contributed by atoms with Crippen molar-refractivity contribution in [2.24, 2.45) is 0 Å². The molecule has 0 fully saturated rings. The average Bonchev–Trinajstić information content (AvgIpc) is 2.62. The molecule has 1 aromatic carbocycles. The molecule has 0 aliphatic carbocycles. The molecule has 0 bridgehead atoms. The number of hydrogen-bond acceptors (Lipinski definition) is 5. The van der Waals surface area contributed by atoms with E-state index in [1.807, 2.05) is 0 Å². The molecule has 0 aliphatic rings. The van der Waals surface area contributed by atoms with Crippen LogP contribution in [0.1, 0.15) is 52.8 Å². The van der Waals surface area contributed by atoms with E-state index in [0.29, 0.717) is 35.5 Å². The highest BCUT2D eigenvalue weighted by atomic mass is 35.5. The van der Waals surface area contributed by atoms with Crippen LogP contribution >= 0.6 is 11.6 Å². The molecular weight excluding hydrogens is 356 g/mol. The maximum Gasteiger partial charge on any atom is 0.337 e. The van der Waals surface area contributed by atoms with E-state index in [2.05, 4.69) is 21.6 Å². The number of benzene rings is 1. The van der Waals surface area contributed by atoms with Gasteiger partial charge in [-0.1, -0.05) is 37.1 Å². The highest BCUT2D eigenvalue weighted by molar-refractivity contribution is 6.30. The number of methoxy groups -OCH3 is 1. The lowest BCUT2D eigenvalue weighted by atomic mass is 10.0. The molecule has 7 heteroatoms. The number of esters is 1. The Balaban J connectivity index is 2.33. The second-order valence-corrected chi connectivity index (χ2v) is 6.25. The number of aromatic nitrogens is 2. The van der Waals surface area contributed by atoms with Crippen LogP contribution in [-0.4, -0.2) is 34.1 Å². The normalized spacial score (nSPS) is 10.6. The molecule has 0 radical (unpaired) electrons. The van der Waals surface area contributed by atoms with Gasteiger partial charge in [0.05, 0.1) is 24.8 Å². The Morgan fingerprint density at radius 2 is 1.88 bits per heavy atom. The first kappa shape index (κ1) is 19.8. The molecule has 0 saturated carbocycles. The first-order valence-electron chi connectivity index (χ1n) is 8.37. The minimum absolute atomic E-state index is 0.190. The maximum absolute atomic E-state index is 11.5. The van der Waals surface area contributed by atoms with Crippen molar-refractivity contribution < 1.29 is 19.4 Å². The number of carbonyl (C=O) groups excluding carboxylic acids is 1. The number of carbonyl (C=O) groups is 2. The summed E-state index contributed by atoms with van der Waals surface area (Å²) in [6.07, 6.45) is 2.80. The van der Waals surface area contributed by atoms with Gasteiger partial charge < -0.3 is 9.84 Å². The minimum Gasteiger partial charge on any atom is -0.481 e. The van der Waals surface area contributed by atoms with Gasteiger partial charge >= 0.3 is 11.9 Å². The number of carboxylic acid groups (broad SMARTS) is 1. The van der Waals surface area contributed by atoms with E-state index in [0.717, 1.165) is 18.4 Å². The number of ether oxygens (including phenoxy) is 1. The lowest BCUT2D eigenvalue weighted by molar-refractivity contribution is -0.136. The van der Waals surface area contributed by atoms with E-state index in [1.54, 1.807) is 24.3 Å². The predicted molar refractivity (Wildman–Crippen MR) is 97.6 cm³/mol. The second kappa shape index (κ2) is 9.29. The van der Waals surface area contributed by atoms with Gasteiger partial charge in [0.1, 0.15) is 11.0 Å². The van der Waals surface area contributed by atoms with Crippen molar-refractivity contribution in [3.8, 4) is 0 Å². The van der Waals surface area contributed by atoms with Gasteiger partial charge in [-0.25, -0.2) is 14.8 Å². The predicted octanol–water partition coefficient (Wildman–Crippen LogP) is 3.48. The number of aryl methyl sites for hydroxylation is 1. The van der Waals surface area contributed by atoms with Crippen molar-refractivity contribution in [2.45, 2.75) is 39.0 Å². The fourth-order valence-electron chi connectivity index (χ4n) is 2.54. The number of halogens is 1. The molecule has 0 atom stereocenters. The van der Waals surface area contributed by atoms with E-state index in [1.165, 1.54) is 7.11 Å². The highest BCUT2D eigenvalue weighted by Crippen LogP contribution is 2.22. The number of carboxylic acids is 1. The summed E-state index contributed by atoms with van der Waals surface area (Å²) >= 11 is 6.23. The van der Waals surface area contributed by atoms with Crippen LogP contribution in [0.15, 0.2) is 24.3 Å². The number of aliphatic carboxylic acids is 1. The molecule has 0 saturated heterocycles. The smallest absolute Gasteiger partial charge is 0.337 e. The first-order valence-corrected chi connectivity index (χ1v) is 8.75. The number of nitrogens with zero attached hydrogens (tertiary/aromatic N) is 2. The van der Waals surface area contributed by atoms with Crippen LogP contribution in [-0.2, 0) is 28.8 Å². The Kier molecular flexibility index (Phi) is 7.09. The molecule has 0 aliphatic heterocycles. The Labute approximate surface area is 157 Å². The highest BCUT2D eigenvalue weighted by Gasteiger charge is 2.16. The van der Waals surface area contributed by atoms with E-state index in [9.17, 15) is 9.59 Å². The molecule has 26 heavy (non-hydrogen) atoms. The van der Waals surface area contributed by atoms with E-state index in [4.69, 9.17) is 16.7 Å². The summed E-state index contributed by atoms with van der Waals surface area (Å²) in [7, 11) is 1.33. The van der Waals surface area contributed by atoms with Crippen LogP contribution in [0.5, 0.6) is 0 Å². The summed E-state index contributed by atoms with van der Waals surface area (Å²) in [5.74, 6) is -0.777. The molecule has 2 aromatic rings. The number of hydrogen-bond donors (Lipinski definition) is 1. The quantitative estimate of drug-likeness (QED) is 0.560. The zero-order valence-corrected chi connectivity index (χ0v) is 15.5. The summed E-state index contributed by atoms with van der Waals surface area (Å²) in [6.45, 7) is 2.07. The van der Waals surface area contributed by atoms with Gasteiger partial charge in [-0.05, 0) is 24.1 Å². The molecule has 1 aromatic heterocycles. The lowest BCUT2D eigenvalue weighted by Crippen LogP contribution is -2.11. The molecular formula is C19H21ClN2O4. The molecule has 138 valence electrons. The average molecular weight is 377 g/mol. The van der Waals surface area contributed by atoms with Gasteiger partial charge in [0.15, 0.2) is 0 Å². The van der Waals surface area contributed by atoms with Gasteiger partial charge in [0.25, 0.3) is 0 Å². The molecule has 1 heterocycles. The number of rotatable bonds is 8. The van der Waals surface area contributed by atoms with Gasteiger partial charge in [-0.2, -0.15) is 0 Å². The van der Waals surface area contributed by atoms with E-state index in [-0.39, 0.29) is 11.6 Å². The molecule has 0 spiro atoms.